The largest absolute Gasteiger partial charge is 0.497 e. The third-order valence-electron chi connectivity index (χ3n) is 3.25. The second-order valence-corrected chi connectivity index (χ2v) is 4.41. The van der Waals surface area contributed by atoms with Crippen molar-refractivity contribution in [1.82, 2.24) is 0 Å². The van der Waals surface area contributed by atoms with Crippen LogP contribution in [0.1, 0.15) is 19.4 Å². The molecule has 19 heavy (non-hydrogen) atoms. The van der Waals surface area contributed by atoms with Crippen molar-refractivity contribution in [3.8, 4) is 5.75 Å². The van der Waals surface area contributed by atoms with Crippen LogP contribution in [0.3, 0.4) is 0 Å². The van der Waals surface area contributed by atoms with Gasteiger partial charge in [-0.3, -0.25) is 0 Å². The van der Waals surface area contributed by atoms with Crippen LogP contribution in [0.2, 0.25) is 0 Å². The fraction of sp³-hybridized carbons (Fsp3) is 0.400. The van der Waals surface area contributed by atoms with E-state index < -0.39 is 5.97 Å². The van der Waals surface area contributed by atoms with Crippen molar-refractivity contribution in [3.63, 3.8) is 0 Å². The van der Waals surface area contributed by atoms with Crippen molar-refractivity contribution in [3.05, 3.63) is 35.4 Å². The van der Waals surface area contributed by atoms with Crippen LogP contribution in [0.15, 0.2) is 29.8 Å². The third kappa shape index (κ3) is 4.10. The molecule has 0 saturated carbocycles. The highest BCUT2D eigenvalue weighted by atomic mass is 16.5. The van der Waals surface area contributed by atoms with Gasteiger partial charge >= 0.3 is 5.97 Å². The summed E-state index contributed by atoms with van der Waals surface area (Å²) in [6.07, 6.45) is 1.52. The number of aliphatic carboxylic acids is 1. The van der Waals surface area contributed by atoms with E-state index in [9.17, 15) is 9.90 Å². The van der Waals surface area contributed by atoms with Gasteiger partial charge in [-0.25, -0.2) is 4.79 Å². The molecule has 0 fully saturated rings. The highest BCUT2D eigenvalue weighted by Crippen LogP contribution is 2.21. The molecular formula is C15H20O4. The molecule has 0 spiro atoms. The van der Waals surface area contributed by atoms with Crippen LogP contribution in [-0.4, -0.2) is 31.4 Å². The topological polar surface area (TPSA) is 55.8 Å². The van der Waals surface area contributed by atoms with Crippen LogP contribution in [-0.2, 0) is 9.53 Å². The molecule has 0 radical (unpaired) electrons. The SMILES string of the molecule is COc1ccc(C=C(C(=O)O)C(C)C(C)OC)cc1. The molecule has 0 heterocycles. The van der Waals surface area contributed by atoms with Crippen LogP contribution in [0, 0.1) is 5.92 Å². The number of benzene rings is 1. The smallest absolute Gasteiger partial charge is 0.331 e. The number of hydrogen-bond acceptors (Lipinski definition) is 3. The van der Waals surface area contributed by atoms with E-state index in [1.165, 1.54) is 0 Å². The van der Waals surface area contributed by atoms with Gasteiger partial charge in [-0.2, -0.15) is 0 Å². The Balaban J connectivity index is 3.03. The van der Waals surface area contributed by atoms with Gasteiger partial charge in [-0.05, 0) is 30.7 Å². The molecule has 0 bridgehead atoms. The van der Waals surface area contributed by atoms with Crippen LogP contribution >= 0.6 is 0 Å². The van der Waals surface area contributed by atoms with Crippen molar-refractivity contribution >= 4 is 12.0 Å². The number of hydrogen-bond donors (Lipinski definition) is 1. The lowest BCUT2D eigenvalue weighted by Crippen LogP contribution is -2.22. The van der Waals surface area contributed by atoms with Crippen LogP contribution in [0.5, 0.6) is 5.75 Å². The first-order valence-electron chi connectivity index (χ1n) is 6.11. The fourth-order valence-electron chi connectivity index (χ4n) is 1.72. The molecule has 0 aromatic heterocycles. The second-order valence-electron chi connectivity index (χ2n) is 4.41. The lowest BCUT2D eigenvalue weighted by molar-refractivity contribution is -0.133. The Kier molecular flexibility index (Phi) is 5.57. The maximum atomic E-state index is 11.3. The van der Waals surface area contributed by atoms with Gasteiger partial charge in [0.1, 0.15) is 5.75 Å². The van der Waals surface area contributed by atoms with Gasteiger partial charge in [-0.1, -0.05) is 19.1 Å². The van der Waals surface area contributed by atoms with Gasteiger partial charge in [0.15, 0.2) is 0 Å². The molecule has 0 saturated heterocycles. The van der Waals surface area contributed by atoms with E-state index in [1.54, 1.807) is 32.4 Å². The molecule has 1 N–H and O–H groups in total. The molecule has 0 amide bonds. The average molecular weight is 264 g/mol. The third-order valence-corrected chi connectivity index (χ3v) is 3.25. The van der Waals surface area contributed by atoms with Gasteiger partial charge in [0.25, 0.3) is 0 Å². The van der Waals surface area contributed by atoms with E-state index in [1.807, 2.05) is 26.0 Å². The predicted octanol–water partition coefficient (Wildman–Crippen LogP) is 2.83. The normalized spacial score (nSPS) is 14.8. The summed E-state index contributed by atoms with van der Waals surface area (Å²) in [6, 6.07) is 7.25. The molecule has 1 rings (SSSR count). The lowest BCUT2D eigenvalue weighted by Gasteiger charge is -2.19. The number of carbonyl (C=O) groups is 1. The number of ether oxygens (including phenoxy) is 2. The van der Waals surface area contributed by atoms with Crippen LogP contribution in [0.25, 0.3) is 6.08 Å². The Hall–Kier alpha value is -1.81. The van der Waals surface area contributed by atoms with E-state index in [-0.39, 0.29) is 12.0 Å². The molecule has 4 heteroatoms. The van der Waals surface area contributed by atoms with E-state index in [0.717, 1.165) is 11.3 Å². The van der Waals surface area contributed by atoms with Crippen molar-refractivity contribution < 1.29 is 19.4 Å². The Morgan fingerprint density at radius 3 is 2.21 bits per heavy atom. The highest BCUT2D eigenvalue weighted by Gasteiger charge is 2.21. The number of carboxylic acids is 1. The van der Waals surface area contributed by atoms with Crippen molar-refractivity contribution in [2.24, 2.45) is 5.92 Å². The minimum atomic E-state index is -0.924. The summed E-state index contributed by atoms with van der Waals surface area (Å²) in [4.78, 5) is 11.3. The summed E-state index contributed by atoms with van der Waals surface area (Å²) >= 11 is 0. The van der Waals surface area contributed by atoms with E-state index >= 15 is 0 Å². The molecule has 0 aliphatic heterocycles. The Morgan fingerprint density at radius 1 is 1.21 bits per heavy atom. The molecule has 104 valence electrons. The summed E-state index contributed by atoms with van der Waals surface area (Å²) in [6.45, 7) is 3.70. The van der Waals surface area contributed by atoms with Crippen molar-refractivity contribution in [1.29, 1.82) is 0 Å². The average Bonchev–Trinajstić information content (AvgIpc) is 2.43. The van der Waals surface area contributed by atoms with Gasteiger partial charge in [-0.15, -0.1) is 0 Å². The molecule has 2 atom stereocenters. The van der Waals surface area contributed by atoms with Crippen molar-refractivity contribution in [2.75, 3.05) is 14.2 Å². The number of rotatable bonds is 6. The number of carboxylic acid groups (broad SMARTS) is 1. The maximum absolute atomic E-state index is 11.3. The molecule has 2 unspecified atom stereocenters. The van der Waals surface area contributed by atoms with E-state index in [4.69, 9.17) is 9.47 Å². The Labute approximate surface area is 113 Å². The molecule has 0 aliphatic rings. The Morgan fingerprint density at radius 2 is 1.79 bits per heavy atom. The zero-order valence-corrected chi connectivity index (χ0v) is 11.7. The molecular weight excluding hydrogens is 244 g/mol. The van der Waals surface area contributed by atoms with E-state index in [0.29, 0.717) is 5.57 Å². The fourth-order valence-corrected chi connectivity index (χ4v) is 1.72. The minimum Gasteiger partial charge on any atom is -0.497 e. The maximum Gasteiger partial charge on any atom is 0.331 e. The Bertz CT molecular complexity index is 448. The first-order valence-corrected chi connectivity index (χ1v) is 6.11. The molecule has 4 nitrogen and oxygen atoms in total. The number of methoxy groups -OCH3 is 2. The zero-order chi connectivity index (χ0) is 14.4. The highest BCUT2D eigenvalue weighted by molar-refractivity contribution is 5.92. The lowest BCUT2D eigenvalue weighted by atomic mass is 9.94. The van der Waals surface area contributed by atoms with Gasteiger partial charge < -0.3 is 14.6 Å². The van der Waals surface area contributed by atoms with Gasteiger partial charge in [0.05, 0.1) is 13.2 Å². The van der Waals surface area contributed by atoms with E-state index in [2.05, 4.69) is 0 Å². The molecule has 1 aromatic carbocycles. The summed E-state index contributed by atoms with van der Waals surface area (Å²) in [5, 5.41) is 9.30. The first kappa shape index (κ1) is 15.2. The van der Waals surface area contributed by atoms with Crippen LogP contribution < -0.4 is 4.74 Å². The second kappa shape index (κ2) is 6.95. The monoisotopic (exact) mass is 264 g/mol. The molecule has 0 aliphatic carbocycles. The quantitative estimate of drug-likeness (QED) is 0.803. The zero-order valence-electron chi connectivity index (χ0n) is 11.7. The summed E-state index contributed by atoms with van der Waals surface area (Å²) in [5.74, 6) is -0.371. The summed E-state index contributed by atoms with van der Waals surface area (Å²) in [7, 11) is 3.17. The van der Waals surface area contributed by atoms with Gasteiger partial charge in [0, 0.05) is 18.6 Å². The van der Waals surface area contributed by atoms with Gasteiger partial charge in [0.2, 0.25) is 0 Å². The minimum absolute atomic E-state index is 0.152. The molecule has 1 aromatic rings. The standard InChI is InChI=1S/C15H20O4/c1-10(11(2)18-3)14(15(16)17)9-12-5-7-13(19-4)8-6-12/h5-11H,1-4H3,(H,16,17). The first-order chi connectivity index (χ1) is 8.99. The summed E-state index contributed by atoms with van der Waals surface area (Å²) < 4.78 is 10.3. The summed E-state index contributed by atoms with van der Waals surface area (Å²) in [5.41, 5.74) is 1.16. The van der Waals surface area contributed by atoms with Crippen molar-refractivity contribution in [2.45, 2.75) is 20.0 Å². The van der Waals surface area contributed by atoms with Crippen LogP contribution in [0.4, 0.5) is 0 Å². The predicted molar refractivity (Wildman–Crippen MR) is 74.2 cm³/mol.